The normalized spacial score (nSPS) is 10.7. The van der Waals surface area contributed by atoms with Gasteiger partial charge in [-0.2, -0.15) is 11.3 Å². The van der Waals surface area contributed by atoms with Gasteiger partial charge in [0, 0.05) is 10.9 Å². The molecule has 0 aliphatic carbocycles. The Morgan fingerprint density at radius 2 is 2.05 bits per heavy atom. The van der Waals surface area contributed by atoms with Crippen LogP contribution in [0.1, 0.15) is 35.7 Å². The number of rotatable bonds is 4. The van der Waals surface area contributed by atoms with E-state index in [1.165, 1.54) is 11.3 Å². The van der Waals surface area contributed by atoms with Gasteiger partial charge in [-0.15, -0.1) is 0 Å². The molecule has 1 aromatic heterocycles. The number of carbonyl (C=O) groups is 1. The van der Waals surface area contributed by atoms with E-state index in [0.717, 1.165) is 22.4 Å². The molecule has 3 nitrogen and oxygen atoms in total. The molecule has 2 rings (SSSR count). The number of ether oxygens (including phenoxy) is 1. The highest BCUT2D eigenvalue weighted by molar-refractivity contribution is 7.08. The molecule has 0 fully saturated rings. The molecule has 0 radical (unpaired) electrons. The monoisotopic (exact) mass is 276 g/mol. The molecule has 1 heterocycles. The molecule has 0 atom stereocenters. The van der Waals surface area contributed by atoms with E-state index in [4.69, 9.17) is 4.74 Å². The topological polar surface area (TPSA) is 46.5 Å². The largest absolute Gasteiger partial charge is 0.496 e. The maximum absolute atomic E-state index is 11.2. The summed E-state index contributed by atoms with van der Waals surface area (Å²) in [4.78, 5) is 11.2. The van der Waals surface area contributed by atoms with Gasteiger partial charge in [-0.25, -0.2) is 4.79 Å². The predicted molar refractivity (Wildman–Crippen MR) is 77.4 cm³/mol. The van der Waals surface area contributed by atoms with Crippen molar-refractivity contribution in [2.45, 2.75) is 19.8 Å². The molecule has 0 aliphatic heterocycles. The van der Waals surface area contributed by atoms with E-state index in [-0.39, 0.29) is 0 Å². The van der Waals surface area contributed by atoms with Crippen LogP contribution < -0.4 is 4.74 Å². The van der Waals surface area contributed by atoms with Crippen LogP contribution in [0.3, 0.4) is 0 Å². The minimum atomic E-state index is -0.891. The Hall–Kier alpha value is -1.81. The second kappa shape index (κ2) is 5.45. The van der Waals surface area contributed by atoms with Crippen LogP contribution >= 0.6 is 11.3 Å². The number of hydrogen-bond acceptors (Lipinski definition) is 3. The lowest BCUT2D eigenvalue weighted by Gasteiger charge is -2.13. The summed E-state index contributed by atoms with van der Waals surface area (Å²) >= 11 is 1.40. The zero-order valence-corrected chi connectivity index (χ0v) is 12.0. The van der Waals surface area contributed by atoms with E-state index in [1.807, 2.05) is 23.6 Å². The van der Waals surface area contributed by atoms with Crippen LogP contribution in [0.4, 0.5) is 0 Å². The summed E-state index contributed by atoms with van der Waals surface area (Å²) in [6.07, 6.45) is 0. The average molecular weight is 276 g/mol. The van der Waals surface area contributed by atoms with Crippen LogP contribution in [0.5, 0.6) is 5.75 Å². The number of carboxylic acid groups (broad SMARTS) is 1. The molecular weight excluding hydrogens is 260 g/mol. The van der Waals surface area contributed by atoms with E-state index in [0.29, 0.717) is 11.5 Å². The third-order valence-electron chi connectivity index (χ3n) is 3.06. The summed E-state index contributed by atoms with van der Waals surface area (Å²) in [5.74, 6) is 0.269. The van der Waals surface area contributed by atoms with Crippen LogP contribution in [0, 0.1) is 0 Å². The highest BCUT2D eigenvalue weighted by atomic mass is 32.1. The molecule has 0 bridgehead atoms. The first kappa shape index (κ1) is 13.6. The van der Waals surface area contributed by atoms with Gasteiger partial charge in [0.15, 0.2) is 0 Å². The third kappa shape index (κ3) is 2.63. The molecule has 0 aliphatic rings. The molecule has 1 N–H and O–H groups in total. The lowest BCUT2D eigenvalue weighted by Crippen LogP contribution is -1.98. The van der Waals surface area contributed by atoms with Crippen molar-refractivity contribution in [3.05, 3.63) is 40.1 Å². The minimum absolute atomic E-state index is 0.321. The third-order valence-corrected chi connectivity index (χ3v) is 3.80. The summed E-state index contributed by atoms with van der Waals surface area (Å²) in [5, 5.41) is 12.7. The van der Waals surface area contributed by atoms with Crippen LogP contribution in [-0.4, -0.2) is 18.2 Å². The SMILES string of the molecule is COc1ccc(-c2cscc2C(=O)O)cc1C(C)C. The summed E-state index contributed by atoms with van der Waals surface area (Å²) in [6.45, 7) is 4.18. The molecule has 0 unspecified atom stereocenters. The number of carboxylic acids is 1. The minimum Gasteiger partial charge on any atom is -0.496 e. The molecule has 19 heavy (non-hydrogen) atoms. The van der Waals surface area contributed by atoms with Crippen molar-refractivity contribution in [1.82, 2.24) is 0 Å². The Bertz CT molecular complexity index is 599. The zero-order chi connectivity index (χ0) is 14.0. The van der Waals surface area contributed by atoms with Gasteiger partial charge in [-0.1, -0.05) is 19.9 Å². The Kier molecular flexibility index (Phi) is 3.90. The maximum atomic E-state index is 11.2. The van der Waals surface area contributed by atoms with Gasteiger partial charge in [-0.3, -0.25) is 0 Å². The lowest BCUT2D eigenvalue weighted by molar-refractivity contribution is 0.0698. The van der Waals surface area contributed by atoms with E-state index in [1.54, 1.807) is 12.5 Å². The highest BCUT2D eigenvalue weighted by Crippen LogP contribution is 2.34. The summed E-state index contributed by atoms with van der Waals surface area (Å²) in [5.41, 5.74) is 3.12. The molecule has 100 valence electrons. The van der Waals surface area contributed by atoms with Crippen molar-refractivity contribution in [3.8, 4) is 16.9 Å². The van der Waals surface area contributed by atoms with Crippen LogP contribution in [0.15, 0.2) is 29.0 Å². The first-order valence-electron chi connectivity index (χ1n) is 6.02. The second-order valence-corrected chi connectivity index (χ2v) is 5.36. The van der Waals surface area contributed by atoms with Gasteiger partial charge >= 0.3 is 5.97 Å². The van der Waals surface area contributed by atoms with Gasteiger partial charge in [0.1, 0.15) is 5.75 Å². The number of methoxy groups -OCH3 is 1. The zero-order valence-electron chi connectivity index (χ0n) is 11.1. The summed E-state index contributed by atoms with van der Waals surface area (Å²) < 4.78 is 5.34. The summed E-state index contributed by atoms with van der Waals surface area (Å²) in [6, 6.07) is 5.81. The summed E-state index contributed by atoms with van der Waals surface area (Å²) in [7, 11) is 1.65. The van der Waals surface area contributed by atoms with Crippen molar-refractivity contribution >= 4 is 17.3 Å². The Balaban J connectivity index is 2.54. The van der Waals surface area contributed by atoms with E-state index in [9.17, 15) is 9.90 Å². The quantitative estimate of drug-likeness (QED) is 0.908. The van der Waals surface area contributed by atoms with Gasteiger partial charge in [-0.05, 0) is 34.6 Å². The fourth-order valence-corrected chi connectivity index (χ4v) is 2.87. The molecule has 0 saturated heterocycles. The lowest BCUT2D eigenvalue weighted by atomic mass is 9.96. The van der Waals surface area contributed by atoms with E-state index >= 15 is 0 Å². The van der Waals surface area contributed by atoms with Gasteiger partial charge in [0.2, 0.25) is 0 Å². The Morgan fingerprint density at radius 3 is 2.63 bits per heavy atom. The van der Waals surface area contributed by atoms with Crippen molar-refractivity contribution < 1.29 is 14.6 Å². The van der Waals surface area contributed by atoms with Crippen molar-refractivity contribution in [1.29, 1.82) is 0 Å². The number of thiophene rings is 1. The van der Waals surface area contributed by atoms with Gasteiger partial charge in [0.25, 0.3) is 0 Å². The highest BCUT2D eigenvalue weighted by Gasteiger charge is 2.15. The molecule has 4 heteroatoms. The first-order chi connectivity index (χ1) is 9.04. The van der Waals surface area contributed by atoms with Crippen molar-refractivity contribution in [2.75, 3.05) is 7.11 Å². The smallest absolute Gasteiger partial charge is 0.337 e. The molecule has 1 aromatic carbocycles. The predicted octanol–water partition coefficient (Wildman–Crippen LogP) is 4.25. The Morgan fingerprint density at radius 1 is 1.32 bits per heavy atom. The molecule has 0 amide bonds. The number of aromatic carboxylic acids is 1. The van der Waals surface area contributed by atoms with Crippen LogP contribution in [0.2, 0.25) is 0 Å². The fourth-order valence-electron chi connectivity index (χ4n) is 2.04. The van der Waals surface area contributed by atoms with Crippen LogP contribution in [0.25, 0.3) is 11.1 Å². The molecule has 0 spiro atoms. The average Bonchev–Trinajstić information content (AvgIpc) is 2.87. The Labute approximate surface area is 116 Å². The fraction of sp³-hybridized carbons (Fsp3) is 0.267. The maximum Gasteiger partial charge on any atom is 0.337 e. The standard InChI is InChI=1S/C15H16O3S/c1-9(2)11-6-10(4-5-14(11)18-3)12-7-19-8-13(12)15(16)17/h4-9H,1-3H3,(H,16,17). The second-order valence-electron chi connectivity index (χ2n) is 4.62. The van der Waals surface area contributed by atoms with Crippen molar-refractivity contribution in [2.24, 2.45) is 0 Å². The molecule has 2 aromatic rings. The first-order valence-corrected chi connectivity index (χ1v) is 6.96. The van der Waals surface area contributed by atoms with E-state index < -0.39 is 5.97 Å². The molecular formula is C15H16O3S. The number of benzene rings is 1. The number of hydrogen-bond donors (Lipinski definition) is 1. The molecule has 0 saturated carbocycles. The van der Waals surface area contributed by atoms with Gasteiger partial charge < -0.3 is 9.84 Å². The van der Waals surface area contributed by atoms with Crippen molar-refractivity contribution in [3.63, 3.8) is 0 Å². The van der Waals surface area contributed by atoms with E-state index in [2.05, 4.69) is 13.8 Å². The van der Waals surface area contributed by atoms with Gasteiger partial charge in [0.05, 0.1) is 12.7 Å². The van der Waals surface area contributed by atoms with Crippen LogP contribution in [-0.2, 0) is 0 Å².